The summed E-state index contributed by atoms with van der Waals surface area (Å²) in [5.74, 6) is -0.896. The Balaban J connectivity index is 2.02. The Morgan fingerprint density at radius 3 is 2.36 bits per heavy atom. The van der Waals surface area contributed by atoms with Gasteiger partial charge >= 0.3 is 0 Å². The minimum atomic E-state index is -4.21. The molecule has 0 aliphatic rings. The van der Waals surface area contributed by atoms with Crippen LogP contribution in [0.2, 0.25) is 10.0 Å². The fraction of sp³-hybridized carbons (Fsp3) is 0.286. The molecule has 0 unspecified atom stereocenters. The van der Waals surface area contributed by atoms with Crippen molar-refractivity contribution in [2.24, 2.45) is 0 Å². The SMILES string of the molecule is CCCCNC(=O)[C@H](C)N(Cc1cccc(Br)c1)C(=O)CN(c1ccc(Cl)cc1Cl)S(=O)(=O)c1ccccc1. The molecule has 39 heavy (non-hydrogen) atoms. The molecule has 0 heterocycles. The van der Waals surface area contributed by atoms with E-state index in [9.17, 15) is 18.0 Å². The molecule has 0 spiro atoms. The van der Waals surface area contributed by atoms with Crippen molar-refractivity contribution in [3.63, 3.8) is 0 Å². The van der Waals surface area contributed by atoms with Crippen LogP contribution in [0.25, 0.3) is 0 Å². The number of hydrogen-bond acceptors (Lipinski definition) is 4. The zero-order valence-electron chi connectivity index (χ0n) is 21.6. The van der Waals surface area contributed by atoms with Crippen LogP contribution in [0.15, 0.2) is 82.2 Å². The zero-order valence-corrected chi connectivity index (χ0v) is 25.5. The van der Waals surface area contributed by atoms with Crippen molar-refractivity contribution in [2.75, 3.05) is 17.4 Å². The fourth-order valence-corrected chi connectivity index (χ4v) is 6.33. The number of halogens is 3. The van der Waals surface area contributed by atoms with Gasteiger partial charge in [-0.15, -0.1) is 0 Å². The Hall–Kier alpha value is -2.59. The maximum absolute atomic E-state index is 13.9. The molecule has 7 nitrogen and oxygen atoms in total. The number of sulfonamides is 1. The standard InChI is InChI=1S/C28H30BrCl2N3O4S/c1-3-4-15-32-28(36)20(2)33(18-21-9-8-10-22(29)16-21)27(35)19-34(26-14-13-23(30)17-25(26)31)39(37,38)24-11-6-5-7-12-24/h5-14,16-17,20H,3-4,15,18-19H2,1-2H3,(H,32,36)/t20-/m0/s1. The van der Waals surface area contributed by atoms with E-state index >= 15 is 0 Å². The van der Waals surface area contributed by atoms with Crippen molar-refractivity contribution in [3.8, 4) is 0 Å². The summed E-state index contributed by atoms with van der Waals surface area (Å²) >= 11 is 15.9. The summed E-state index contributed by atoms with van der Waals surface area (Å²) in [6.45, 7) is 3.63. The van der Waals surface area contributed by atoms with E-state index in [0.29, 0.717) is 11.6 Å². The normalized spacial score (nSPS) is 12.0. The molecule has 3 aromatic rings. The number of unbranched alkanes of at least 4 members (excludes halogenated alkanes) is 1. The lowest BCUT2D eigenvalue weighted by Gasteiger charge is -2.32. The predicted molar refractivity (Wildman–Crippen MR) is 160 cm³/mol. The third-order valence-electron chi connectivity index (χ3n) is 6.03. The van der Waals surface area contributed by atoms with Crippen molar-refractivity contribution in [1.82, 2.24) is 10.2 Å². The van der Waals surface area contributed by atoms with Gasteiger partial charge in [0, 0.05) is 22.6 Å². The molecule has 0 aromatic heterocycles. The second kappa shape index (κ2) is 14.2. The highest BCUT2D eigenvalue weighted by Crippen LogP contribution is 2.33. The number of amides is 2. The van der Waals surface area contributed by atoms with Gasteiger partial charge in [0.1, 0.15) is 12.6 Å². The van der Waals surface area contributed by atoms with Crippen LogP contribution in [0.5, 0.6) is 0 Å². The van der Waals surface area contributed by atoms with Gasteiger partial charge in [-0.3, -0.25) is 13.9 Å². The number of nitrogens with one attached hydrogen (secondary N) is 1. The second-order valence-electron chi connectivity index (χ2n) is 8.89. The van der Waals surface area contributed by atoms with Crippen molar-refractivity contribution in [1.29, 1.82) is 0 Å². The summed E-state index contributed by atoms with van der Waals surface area (Å²) in [4.78, 5) is 28.3. The lowest BCUT2D eigenvalue weighted by molar-refractivity contribution is -0.139. The van der Waals surface area contributed by atoms with Gasteiger partial charge in [0.25, 0.3) is 10.0 Å². The van der Waals surface area contributed by atoms with Crippen molar-refractivity contribution < 1.29 is 18.0 Å². The van der Waals surface area contributed by atoms with Crippen LogP contribution in [0.4, 0.5) is 5.69 Å². The number of carbonyl (C=O) groups is 2. The molecule has 2 amide bonds. The molecular weight excluding hydrogens is 625 g/mol. The summed E-state index contributed by atoms with van der Waals surface area (Å²) in [7, 11) is -4.21. The largest absolute Gasteiger partial charge is 0.354 e. The summed E-state index contributed by atoms with van der Waals surface area (Å²) in [6.07, 6.45) is 1.71. The van der Waals surface area contributed by atoms with E-state index in [2.05, 4.69) is 21.2 Å². The van der Waals surface area contributed by atoms with E-state index in [-0.39, 0.29) is 28.1 Å². The first-order valence-corrected chi connectivity index (χ1v) is 15.4. The summed E-state index contributed by atoms with van der Waals surface area (Å²) < 4.78 is 29.3. The first-order chi connectivity index (χ1) is 18.5. The number of hydrogen-bond donors (Lipinski definition) is 1. The van der Waals surface area contributed by atoms with E-state index in [1.54, 1.807) is 25.1 Å². The molecule has 0 bridgehead atoms. The van der Waals surface area contributed by atoms with Gasteiger partial charge < -0.3 is 10.2 Å². The number of carbonyl (C=O) groups excluding carboxylic acids is 2. The molecule has 3 rings (SSSR count). The van der Waals surface area contributed by atoms with E-state index in [1.165, 1.54) is 35.2 Å². The molecule has 0 aliphatic heterocycles. The van der Waals surface area contributed by atoms with Gasteiger partial charge in [0.05, 0.1) is 15.6 Å². The molecular formula is C28H30BrCl2N3O4S. The molecule has 208 valence electrons. The maximum Gasteiger partial charge on any atom is 0.264 e. The molecule has 0 radical (unpaired) electrons. The Kier molecular flexibility index (Phi) is 11.2. The van der Waals surface area contributed by atoms with Crippen molar-refractivity contribution in [2.45, 2.75) is 44.2 Å². The van der Waals surface area contributed by atoms with Gasteiger partial charge in [-0.25, -0.2) is 8.42 Å². The van der Waals surface area contributed by atoms with E-state index in [0.717, 1.165) is 27.2 Å². The zero-order chi connectivity index (χ0) is 28.6. The quantitative estimate of drug-likeness (QED) is 0.233. The predicted octanol–water partition coefficient (Wildman–Crippen LogP) is 6.28. The Morgan fingerprint density at radius 1 is 1.00 bits per heavy atom. The number of benzene rings is 3. The average Bonchev–Trinajstić information content (AvgIpc) is 2.91. The first kappa shape index (κ1) is 30.9. The highest BCUT2D eigenvalue weighted by molar-refractivity contribution is 9.10. The molecule has 0 aliphatic carbocycles. The molecule has 0 saturated carbocycles. The van der Waals surface area contributed by atoms with Crippen LogP contribution in [-0.2, 0) is 26.2 Å². The summed E-state index contributed by atoms with van der Waals surface area (Å²) in [5, 5.41) is 3.25. The molecule has 0 fully saturated rings. The third-order valence-corrected chi connectivity index (χ3v) is 8.83. The topological polar surface area (TPSA) is 86.8 Å². The number of rotatable bonds is 12. The smallest absolute Gasteiger partial charge is 0.264 e. The highest BCUT2D eigenvalue weighted by atomic mass is 79.9. The Bertz CT molecular complexity index is 1410. The van der Waals surface area contributed by atoms with Crippen LogP contribution in [0, 0.1) is 0 Å². The highest BCUT2D eigenvalue weighted by Gasteiger charge is 2.33. The van der Waals surface area contributed by atoms with Crippen LogP contribution < -0.4 is 9.62 Å². The molecule has 3 aromatic carbocycles. The lowest BCUT2D eigenvalue weighted by atomic mass is 10.1. The van der Waals surface area contributed by atoms with Crippen molar-refractivity contribution in [3.05, 3.63) is 92.9 Å². The van der Waals surface area contributed by atoms with Gasteiger partial charge in [0.2, 0.25) is 11.8 Å². The molecule has 1 atom stereocenters. The fourth-order valence-electron chi connectivity index (χ4n) is 3.87. The first-order valence-electron chi connectivity index (χ1n) is 12.4. The number of nitrogens with zero attached hydrogens (tertiary/aromatic N) is 2. The maximum atomic E-state index is 13.9. The Morgan fingerprint density at radius 2 is 1.72 bits per heavy atom. The monoisotopic (exact) mass is 653 g/mol. The van der Waals surface area contributed by atoms with Gasteiger partial charge in [0.15, 0.2) is 0 Å². The van der Waals surface area contributed by atoms with Crippen LogP contribution >= 0.6 is 39.1 Å². The second-order valence-corrected chi connectivity index (χ2v) is 12.5. The lowest BCUT2D eigenvalue weighted by Crippen LogP contribution is -2.51. The van der Waals surface area contributed by atoms with Gasteiger partial charge in [-0.1, -0.05) is 82.8 Å². The van der Waals surface area contributed by atoms with Gasteiger partial charge in [-0.2, -0.15) is 0 Å². The molecule has 0 saturated heterocycles. The molecule has 1 N–H and O–H groups in total. The third kappa shape index (κ3) is 8.20. The van der Waals surface area contributed by atoms with E-state index < -0.39 is 28.5 Å². The summed E-state index contributed by atoms with van der Waals surface area (Å²) in [6, 6.07) is 18.6. The van der Waals surface area contributed by atoms with Crippen molar-refractivity contribution >= 4 is 66.7 Å². The van der Waals surface area contributed by atoms with E-state index in [4.69, 9.17) is 23.2 Å². The molecule has 11 heteroatoms. The van der Waals surface area contributed by atoms with E-state index in [1.807, 2.05) is 31.2 Å². The van der Waals surface area contributed by atoms with Crippen LogP contribution in [-0.4, -0.2) is 44.3 Å². The minimum absolute atomic E-state index is 0.00675. The van der Waals surface area contributed by atoms with Crippen LogP contribution in [0.3, 0.4) is 0 Å². The van der Waals surface area contributed by atoms with Crippen LogP contribution in [0.1, 0.15) is 32.3 Å². The average molecular weight is 655 g/mol. The van der Waals surface area contributed by atoms with Gasteiger partial charge in [-0.05, 0) is 61.4 Å². The Labute approximate surface area is 248 Å². The minimum Gasteiger partial charge on any atom is -0.354 e. The summed E-state index contributed by atoms with van der Waals surface area (Å²) in [5.41, 5.74) is 0.869. The number of anilines is 1.